The quantitative estimate of drug-likeness (QED) is 0.665. The van der Waals surface area contributed by atoms with Crippen molar-refractivity contribution in [3.05, 3.63) is 0 Å². The number of rotatable bonds is 7. The average molecular weight is 226 g/mol. The molecule has 0 aromatic heterocycles. The van der Waals surface area contributed by atoms with Crippen molar-refractivity contribution in [3.8, 4) is 0 Å². The standard InChI is InChI=1S/C12H22N2O2/c1-2-3-4-5-6-7-8-14-10-11(15)13-9-12(14)16/h2-10H2,1H3,(H,13,15). The van der Waals surface area contributed by atoms with Crippen molar-refractivity contribution in [1.29, 1.82) is 0 Å². The summed E-state index contributed by atoms with van der Waals surface area (Å²) in [7, 11) is 0. The maximum Gasteiger partial charge on any atom is 0.242 e. The van der Waals surface area contributed by atoms with Crippen LogP contribution < -0.4 is 5.32 Å². The van der Waals surface area contributed by atoms with Gasteiger partial charge in [0.15, 0.2) is 0 Å². The van der Waals surface area contributed by atoms with Crippen LogP contribution in [0.15, 0.2) is 0 Å². The topological polar surface area (TPSA) is 49.4 Å². The number of carbonyl (C=O) groups excluding carboxylic acids is 2. The fourth-order valence-corrected chi connectivity index (χ4v) is 1.89. The molecule has 1 fully saturated rings. The third-order valence-corrected chi connectivity index (χ3v) is 2.91. The monoisotopic (exact) mass is 226 g/mol. The summed E-state index contributed by atoms with van der Waals surface area (Å²) in [5.41, 5.74) is 0. The molecule has 1 aliphatic rings. The molecule has 0 saturated carbocycles. The van der Waals surface area contributed by atoms with Crippen molar-refractivity contribution in [2.24, 2.45) is 0 Å². The van der Waals surface area contributed by atoms with E-state index < -0.39 is 0 Å². The lowest BCUT2D eigenvalue weighted by molar-refractivity contribution is -0.140. The minimum absolute atomic E-state index is 0.0365. The Morgan fingerprint density at radius 3 is 2.56 bits per heavy atom. The summed E-state index contributed by atoms with van der Waals surface area (Å²) in [6, 6.07) is 0. The van der Waals surface area contributed by atoms with Crippen molar-refractivity contribution in [2.75, 3.05) is 19.6 Å². The highest BCUT2D eigenvalue weighted by Gasteiger charge is 2.21. The highest BCUT2D eigenvalue weighted by atomic mass is 16.2. The molecule has 0 bridgehead atoms. The number of piperazine rings is 1. The Balaban J connectivity index is 2.07. The van der Waals surface area contributed by atoms with Gasteiger partial charge in [0, 0.05) is 6.54 Å². The Bertz CT molecular complexity index is 241. The van der Waals surface area contributed by atoms with E-state index in [4.69, 9.17) is 0 Å². The van der Waals surface area contributed by atoms with E-state index in [0.29, 0.717) is 0 Å². The van der Waals surface area contributed by atoms with E-state index in [1.54, 1.807) is 4.90 Å². The molecular formula is C12H22N2O2. The van der Waals surface area contributed by atoms with Gasteiger partial charge in [-0.25, -0.2) is 0 Å². The lowest BCUT2D eigenvalue weighted by Crippen LogP contribution is -2.51. The van der Waals surface area contributed by atoms with E-state index in [0.717, 1.165) is 19.4 Å². The second-order valence-corrected chi connectivity index (χ2v) is 4.36. The summed E-state index contributed by atoms with van der Waals surface area (Å²) in [5, 5.41) is 2.55. The van der Waals surface area contributed by atoms with Crippen LogP contribution in [0.1, 0.15) is 45.4 Å². The molecular weight excluding hydrogens is 204 g/mol. The van der Waals surface area contributed by atoms with Gasteiger partial charge in [-0.05, 0) is 6.42 Å². The first-order valence-corrected chi connectivity index (χ1v) is 6.28. The second kappa shape index (κ2) is 7.25. The lowest BCUT2D eigenvalue weighted by Gasteiger charge is -2.26. The lowest BCUT2D eigenvalue weighted by atomic mass is 10.1. The zero-order valence-electron chi connectivity index (χ0n) is 10.1. The van der Waals surface area contributed by atoms with Crippen LogP contribution in [0.25, 0.3) is 0 Å². The zero-order valence-corrected chi connectivity index (χ0v) is 10.1. The van der Waals surface area contributed by atoms with Gasteiger partial charge in [-0.2, -0.15) is 0 Å². The van der Waals surface area contributed by atoms with Crippen molar-refractivity contribution >= 4 is 11.8 Å². The largest absolute Gasteiger partial charge is 0.345 e. The first-order chi connectivity index (χ1) is 7.74. The van der Waals surface area contributed by atoms with Crippen LogP contribution in [-0.4, -0.2) is 36.3 Å². The summed E-state index contributed by atoms with van der Waals surface area (Å²) in [6.07, 6.45) is 7.25. The van der Waals surface area contributed by atoms with E-state index in [1.165, 1.54) is 25.7 Å². The molecule has 1 heterocycles. The summed E-state index contributed by atoms with van der Waals surface area (Å²) < 4.78 is 0. The normalized spacial score (nSPS) is 16.4. The predicted octanol–water partition coefficient (Wildman–Crippen LogP) is 1.31. The van der Waals surface area contributed by atoms with Gasteiger partial charge in [-0.15, -0.1) is 0 Å². The highest BCUT2D eigenvalue weighted by Crippen LogP contribution is 2.06. The Labute approximate surface area is 97.4 Å². The number of nitrogens with one attached hydrogen (secondary N) is 1. The second-order valence-electron chi connectivity index (χ2n) is 4.36. The van der Waals surface area contributed by atoms with Crippen molar-refractivity contribution in [2.45, 2.75) is 45.4 Å². The van der Waals surface area contributed by atoms with E-state index in [9.17, 15) is 9.59 Å². The molecule has 0 aromatic rings. The van der Waals surface area contributed by atoms with Gasteiger partial charge in [0.25, 0.3) is 0 Å². The SMILES string of the molecule is CCCCCCCCN1CC(=O)NCC1=O. The number of amides is 2. The molecule has 4 heteroatoms. The van der Waals surface area contributed by atoms with E-state index in [1.807, 2.05) is 0 Å². The Morgan fingerprint density at radius 1 is 1.12 bits per heavy atom. The molecule has 0 radical (unpaired) electrons. The molecule has 1 saturated heterocycles. The maximum absolute atomic E-state index is 11.4. The Kier molecular flexibility index (Phi) is 5.90. The van der Waals surface area contributed by atoms with Gasteiger partial charge >= 0.3 is 0 Å². The average Bonchev–Trinajstić information content (AvgIpc) is 2.28. The highest BCUT2D eigenvalue weighted by molar-refractivity contribution is 5.92. The van der Waals surface area contributed by atoms with Crippen LogP contribution in [0, 0.1) is 0 Å². The minimum Gasteiger partial charge on any atom is -0.345 e. The van der Waals surface area contributed by atoms with Crippen molar-refractivity contribution < 1.29 is 9.59 Å². The molecule has 1 aliphatic heterocycles. The molecule has 0 spiro atoms. The van der Waals surface area contributed by atoms with Crippen LogP contribution in [0.2, 0.25) is 0 Å². The molecule has 0 aliphatic carbocycles. The molecule has 0 unspecified atom stereocenters. The van der Waals surface area contributed by atoms with Gasteiger partial charge in [-0.3, -0.25) is 9.59 Å². The van der Waals surface area contributed by atoms with Crippen LogP contribution in [0.3, 0.4) is 0 Å². The maximum atomic E-state index is 11.4. The third kappa shape index (κ3) is 4.64. The summed E-state index contributed by atoms with van der Waals surface area (Å²) in [5.74, 6) is 0.0127. The first kappa shape index (κ1) is 13.0. The molecule has 92 valence electrons. The van der Waals surface area contributed by atoms with Gasteiger partial charge in [-0.1, -0.05) is 39.0 Å². The van der Waals surface area contributed by atoms with Crippen LogP contribution >= 0.6 is 0 Å². The molecule has 2 amide bonds. The van der Waals surface area contributed by atoms with Crippen molar-refractivity contribution in [3.63, 3.8) is 0 Å². The fourth-order valence-electron chi connectivity index (χ4n) is 1.89. The molecule has 1 rings (SSSR count). The van der Waals surface area contributed by atoms with E-state index in [-0.39, 0.29) is 24.9 Å². The summed E-state index contributed by atoms with van der Waals surface area (Å²) in [4.78, 5) is 24.2. The molecule has 4 nitrogen and oxygen atoms in total. The van der Waals surface area contributed by atoms with Gasteiger partial charge in [0.2, 0.25) is 11.8 Å². The number of hydrogen-bond donors (Lipinski definition) is 1. The number of unbranched alkanes of at least 4 members (excludes halogenated alkanes) is 5. The minimum atomic E-state index is -0.0365. The number of nitrogens with zero attached hydrogens (tertiary/aromatic N) is 1. The molecule has 1 N–H and O–H groups in total. The van der Waals surface area contributed by atoms with Crippen LogP contribution in [-0.2, 0) is 9.59 Å². The van der Waals surface area contributed by atoms with E-state index >= 15 is 0 Å². The Morgan fingerprint density at radius 2 is 1.81 bits per heavy atom. The van der Waals surface area contributed by atoms with Crippen molar-refractivity contribution in [1.82, 2.24) is 10.2 Å². The van der Waals surface area contributed by atoms with Gasteiger partial charge in [0.1, 0.15) is 0 Å². The fraction of sp³-hybridized carbons (Fsp3) is 0.833. The molecule has 16 heavy (non-hydrogen) atoms. The van der Waals surface area contributed by atoms with Crippen LogP contribution in [0.4, 0.5) is 0 Å². The summed E-state index contributed by atoms with van der Waals surface area (Å²) in [6.45, 7) is 3.35. The number of hydrogen-bond acceptors (Lipinski definition) is 2. The van der Waals surface area contributed by atoms with E-state index in [2.05, 4.69) is 12.2 Å². The Hall–Kier alpha value is -1.06. The third-order valence-electron chi connectivity index (χ3n) is 2.91. The first-order valence-electron chi connectivity index (χ1n) is 6.28. The zero-order chi connectivity index (χ0) is 11.8. The van der Waals surface area contributed by atoms with Gasteiger partial charge in [0.05, 0.1) is 13.1 Å². The van der Waals surface area contributed by atoms with Gasteiger partial charge < -0.3 is 10.2 Å². The predicted molar refractivity (Wildman–Crippen MR) is 63.0 cm³/mol. The summed E-state index contributed by atoms with van der Waals surface area (Å²) >= 11 is 0. The number of carbonyl (C=O) groups is 2. The smallest absolute Gasteiger partial charge is 0.242 e. The molecule has 0 atom stereocenters. The van der Waals surface area contributed by atoms with Crippen LogP contribution in [0.5, 0.6) is 0 Å². The molecule has 0 aromatic carbocycles.